The van der Waals surface area contributed by atoms with Crippen LogP contribution in [-0.2, 0) is 4.74 Å². The van der Waals surface area contributed by atoms with E-state index in [9.17, 15) is 4.79 Å². The molecule has 1 amide bonds. The molecule has 0 aliphatic rings. The van der Waals surface area contributed by atoms with E-state index in [1.807, 2.05) is 66.7 Å². The van der Waals surface area contributed by atoms with E-state index in [1.165, 1.54) is 0 Å². The highest BCUT2D eigenvalue weighted by atomic mass is 16.6. The van der Waals surface area contributed by atoms with Crippen molar-refractivity contribution in [1.29, 1.82) is 0 Å². The average molecular weight is 331 g/mol. The molecule has 0 fully saturated rings. The number of nitrogens with zero attached hydrogens (tertiary/aromatic N) is 1. The molecule has 0 spiro atoms. The summed E-state index contributed by atoms with van der Waals surface area (Å²) < 4.78 is 5.24. The van der Waals surface area contributed by atoms with Gasteiger partial charge in [0.1, 0.15) is 11.3 Å². The van der Waals surface area contributed by atoms with Crippen LogP contribution in [-0.4, -0.2) is 17.4 Å². The molecule has 0 aliphatic heterocycles. The number of hydrogen-bond donors (Lipinski definition) is 0. The van der Waals surface area contributed by atoms with Gasteiger partial charge in [-0.15, -0.1) is 0 Å². The summed E-state index contributed by atoms with van der Waals surface area (Å²) in [6.07, 6.45) is 2.93. The van der Waals surface area contributed by atoms with Gasteiger partial charge in [-0.3, -0.25) is 0 Å². The minimum Gasteiger partial charge on any atom is -0.442 e. The second-order valence-corrected chi connectivity index (χ2v) is 6.34. The Morgan fingerprint density at radius 3 is 2.20 bits per heavy atom. The van der Waals surface area contributed by atoms with E-state index in [0.29, 0.717) is 5.71 Å². The van der Waals surface area contributed by atoms with E-state index in [-0.39, 0.29) is 0 Å². The topological polar surface area (TPSA) is 38.7 Å². The van der Waals surface area contributed by atoms with Crippen molar-refractivity contribution in [3.63, 3.8) is 0 Å². The second kappa shape index (κ2) is 8.65. The smallest absolute Gasteiger partial charge is 0.435 e. The molecule has 0 saturated heterocycles. The molecule has 25 heavy (non-hydrogen) atoms. The quantitative estimate of drug-likeness (QED) is 0.565. The first-order valence-corrected chi connectivity index (χ1v) is 8.04. The van der Waals surface area contributed by atoms with Crippen molar-refractivity contribution < 1.29 is 9.53 Å². The van der Waals surface area contributed by atoms with E-state index >= 15 is 0 Å². The third kappa shape index (κ3) is 7.32. The molecule has 0 heterocycles. The summed E-state index contributed by atoms with van der Waals surface area (Å²) in [5, 5.41) is 0. The van der Waals surface area contributed by atoms with Crippen molar-refractivity contribution >= 4 is 17.9 Å². The number of carbonyl (C=O) groups excluding carboxylic acids is 1. The summed E-state index contributed by atoms with van der Waals surface area (Å²) in [5.41, 5.74) is 1.61. The fourth-order valence-electron chi connectivity index (χ4n) is 1.89. The minimum atomic E-state index is -0.650. The Hall–Kier alpha value is -3.12. The number of allylic oxidation sites excluding steroid dienone is 1. The molecule has 0 unspecified atom stereocenters. The maximum atomic E-state index is 12.0. The molecule has 0 aliphatic carbocycles. The average Bonchev–Trinajstić information content (AvgIpc) is 2.57. The molecule has 0 radical (unpaired) electrons. The molecule has 3 heteroatoms. The highest BCUT2D eigenvalue weighted by molar-refractivity contribution is 6.14. The summed E-state index contributed by atoms with van der Waals surface area (Å²) in [7, 11) is 0. The van der Waals surface area contributed by atoms with Crippen LogP contribution in [0.25, 0.3) is 6.08 Å². The summed E-state index contributed by atoms with van der Waals surface area (Å²) in [6, 6.07) is 19.3. The first-order chi connectivity index (χ1) is 11.9. The summed E-state index contributed by atoms with van der Waals surface area (Å²) >= 11 is 0. The number of benzene rings is 2. The Kier molecular flexibility index (Phi) is 6.31. The van der Waals surface area contributed by atoms with Crippen molar-refractivity contribution in [1.82, 2.24) is 0 Å². The molecule has 0 aromatic heterocycles. The van der Waals surface area contributed by atoms with Crippen LogP contribution in [0.3, 0.4) is 0 Å². The monoisotopic (exact) mass is 331 g/mol. The van der Waals surface area contributed by atoms with Gasteiger partial charge in [0.25, 0.3) is 0 Å². The Balaban J connectivity index is 2.26. The molecule has 2 rings (SSSR count). The second-order valence-electron chi connectivity index (χ2n) is 6.34. The van der Waals surface area contributed by atoms with Gasteiger partial charge in [-0.2, -0.15) is 4.99 Å². The Morgan fingerprint density at radius 1 is 1.00 bits per heavy atom. The SMILES string of the molecule is CC(C)(C)OC(=O)/N=C(C#Cc1ccccc1)\C=C\c1ccccc1. The van der Waals surface area contributed by atoms with Crippen LogP contribution in [0.1, 0.15) is 31.9 Å². The van der Waals surface area contributed by atoms with Gasteiger partial charge in [0.05, 0.1) is 0 Å². The van der Waals surface area contributed by atoms with Crippen molar-refractivity contribution in [2.24, 2.45) is 4.99 Å². The fourth-order valence-corrected chi connectivity index (χ4v) is 1.89. The zero-order valence-corrected chi connectivity index (χ0v) is 14.7. The van der Waals surface area contributed by atoms with Crippen LogP contribution >= 0.6 is 0 Å². The van der Waals surface area contributed by atoms with Crippen molar-refractivity contribution in [2.45, 2.75) is 26.4 Å². The lowest BCUT2D eigenvalue weighted by molar-refractivity contribution is 0.0605. The zero-order chi connectivity index (χ0) is 18.1. The van der Waals surface area contributed by atoms with Gasteiger partial charge in [-0.1, -0.05) is 60.5 Å². The molecule has 126 valence electrons. The molecular weight excluding hydrogens is 310 g/mol. The molecule has 0 saturated carbocycles. The van der Waals surface area contributed by atoms with Gasteiger partial charge < -0.3 is 4.74 Å². The van der Waals surface area contributed by atoms with Gasteiger partial charge >= 0.3 is 6.09 Å². The lowest BCUT2D eigenvalue weighted by Crippen LogP contribution is -2.22. The van der Waals surface area contributed by atoms with E-state index in [2.05, 4.69) is 16.8 Å². The summed E-state index contributed by atoms with van der Waals surface area (Å²) in [4.78, 5) is 16.0. The molecule has 0 N–H and O–H groups in total. The molecule has 2 aromatic rings. The van der Waals surface area contributed by atoms with Crippen LogP contribution in [0.15, 0.2) is 71.7 Å². The van der Waals surface area contributed by atoms with Crippen molar-refractivity contribution in [3.05, 3.63) is 77.9 Å². The van der Waals surface area contributed by atoms with Gasteiger partial charge in [0.15, 0.2) is 0 Å². The molecule has 2 aromatic carbocycles. The first kappa shape index (κ1) is 18.2. The zero-order valence-electron chi connectivity index (χ0n) is 14.7. The predicted molar refractivity (Wildman–Crippen MR) is 102 cm³/mol. The number of carbonyl (C=O) groups is 1. The Bertz CT molecular complexity index is 817. The largest absolute Gasteiger partial charge is 0.442 e. The van der Waals surface area contributed by atoms with E-state index in [4.69, 9.17) is 4.74 Å². The number of amides is 1. The van der Waals surface area contributed by atoms with Crippen LogP contribution in [0.5, 0.6) is 0 Å². The lowest BCUT2D eigenvalue weighted by Gasteiger charge is -2.17. The van der Waals surface area contributed by atoms with Gasteiger partial charge in [0, 0.05) is 5.56 Å². The van der Waals surface area contributed by atoms with Gasteiger partial charge in [-0.25, -0.2) is 4.79 Å². The molecule has 0 atom stereocenters. The Labute approximate surface area is 149 Å². The predicted octanol–water partition coefficient (Wildman–Crippen LogP) is 5.13. The van der Waals surface area contributed by atoms with Crippen LogP contribution in [0.2, 0.25) is 0 Å². The number of ether oxygens (including phenoxy) is 1. The standard InChI is InChI=1S/C22H21NO2/c1-22(2,3)25-21(24)23-20(16-14-18-10-6-4-7-11-18)17-15-19-12-8-5-9-13-19/h4-14,16H,1-3H3/b16-14+,23-20+. The summed E-state index contributed by atoms with van der Waals surface area (Å²) in [6.45, 7) is 5.40. The van der Waals surface area contributed by atoms with Crippen LogP contribution in [0.4, 0.5) is 4.79 Å². The van der Waals surface area contributed by atoms with Crippen LogP contribution in [0, 0.1) is 11.8 Å². The highest BCUT2D eigenvalue weighted by Gasteiger charge is 2.15. The van der Waals surface area contributed by atoms with Gasteiger partial charge in [0.2, 0.25) is 0 Å². The maximum Gasteiger partial charge on any atom is 0.435 e. The van der Waals surface area contributed by atoms with Crippen LogP contribution < -0.4 is 0 Å². The fraction of sp³-hybridized carbons (Fsp3) is 0.182. The van der Waals surface area contributed by atoms with E-state index in [1.54, 1.807) is 26.8 Å². The summed E-state index contributed by atoms with van der Waals surface area (Å²) in [5.74, 6) is 5.94. The highest BCUT2D eigenvalue weighted by Crippen LogP contribution is 2.08. The molecular formula is C22H21NO2. The molecule has 0 bridgehead atoms. The Morgan fingerprint density at radius 2 is 1.60 bits per heavy atom. The lowest BCUT2D eigenvalue weighted by atomic mass is 10.2. The third-order valence-corrected chi connectivity index (χ3v) is 2.95. The minimum absolute atomic E-state index is 0.349. The normalized spacial score (nSPS) is 11.7. The van der Waals surface area contributed by atoms with E-state index < -0.39 is 11.7 Å². The van der Waals surface area contributed by atoms with E-state index in [0.717, 1.165) is 11.1 Å². The van der Waals surface area contributed by atoms with Crippen molar-refractivity contribution in [2.75, 3.05) is 0 Å². The first-order valence-electron chi connectivity index (χ1n) is 8.04. The van der Waals surface area contributed by atoms with Gasteiger partial charge in [-0.05, 0) is 50.5 Å². The number of rotatable bonds is 2. The van der Waals surface area contributed by atoms with Crippen molar-refractivity contribution in [3.8, 4) is 11.8 Å². The third-order valence-electron chi connectivity index (χ3n) is 2.95. The number of hydrogen-bond acceptors (Lipinski definition) is 2. The number of aliphatic imine (C=N–C) groups is 1. The molecule has 3 nitrogen and oxygen atoms in total. The maximum absolute atomic E-state index is 12.0.